The molecule has 2 heterocycles. The molecule has 0 spiro atoms. The summed E-state index contributed by atoms with van der Waals surface area (Å²) in [6.07, 6.45) is 9.61. The predicted molar refractivity (Wildman–Crippen MR) is 77.5 cm³/mol. The lowest BCUT2D eigenvalue weighted by molar-refractivity contribution is -0.131. The zero-order chi connectivity index (χ0) is 15.2. The van der Waals surface area contributed by atoms with Gasteiger partial charge >= 0.3 is 0 Å². The summed E-state index contributed by atoms with van der Waals surface area (Å²) >= 11 is 5.54. The third-order valence-electron chi connectivity index (χ3n) is 3.37. The Balaban J connectivity index is 1.80. The van der Waals surface area contributed by atoms with Crippen LogP contribution in [0, 0.1) is 18.3 Å². The number of halogens is 1. The molecule has 1 aromatic heterocycles. The Bertz CT molecular complexity index is 559. The van der Waals surface area contributed by atoms with Gasteiger partial charge in [0.05, 0.1) is 12.1 Å². The number of hydrogen-bond acceptors (Lipinski definition) is 4. The van der Waals surface area contributed by atoms with Gasteiger partial charge in [-0.15, -0.1) is 12.3 Å². The van der Waals surface area contributed by atoms with Gasteiger partial charge in [0.1, 0.15) is 0 Å². The number of hydrogen-bond donors (Lipinski definition) is 1. The van der Waals surface area contributed by atoms with Gasteiger partial charge in [0.25, 0.3) is 5.91 Å². The third kappa shape index (κ3) is 4.17. The van der Waals surface area contributed by atoms with Crippen LogP contribution in [0.5, 0.6) is 0 Å². The Morgan fingerprint density at radius 2 is 2.00 bits per heavy atom. The molecule has 2 rings (SSSR count). The zero-order valence-corrected chi connectivity index (χ0v) is 12.1. The number of terminal acetylenes is 1. The van der Waals surface area contributed by atoms with Gasteiger partial charge in [0.2, 0.25) is 11.2 Å². The highest BCUT2D eigenvalue weighted by Crippen LogP contribution is 2.15. The average molecular weight is 307 g/mol. The topological polar surface area (TPSA) is 75.2 Å². The van der Waals surface area contributed by atoms with Crippen LogP contribution in [0.25, 0.3) is 0 Å². The largest absolute Gasteiger partial charge is 0.343 e. The molecule has 6 nitrogen and oxygen atoms in total. The minimum Gasteiger partial charge on any atom is -0.343 e. The monoisotopic (exact) mass is 306 g/mol. The number of nitrogens with zero attached hydrogens (tertiary/aromatic N) is 3. The number of carbonyl (C=O) groups is 2. The molecule has 2 amide bonds. The summed E-state index contributed by atoms with van der Waals surface area (Å²) in [5, 5.41) is 2.62. The standard InChI is InChI=1S/C14H15ClN4O2/c1-2-10-3-5-19(6-4-10)12(20)9-16-13(21)11-7-17-14(15)18-8-11/h1,7-8,10H,3-6,9H2,(H,16,21). The fraction of sp³-hybridized carbons (Fsp3) is 0.429. The molecule has 0 aromatic carbocycles. The van der Waals surface area contributed by atoms with Gasteiger partial charge in [0.15, 0.2) is 0 Å². The SMILES string of the molecule is C#CC1CCN(C(=O)CNC(=O)c2cnc(Cl)nc2)CC1. The van der Waals surface area contributed by atoms with Gasteiger partial charge in [-0.05, 0) is 24.4 Å². The highest BCUT2D eigenvalue weighted by atomic mass is 35.5. The van der Waals surface area contributed by atoms with Gasteiger partial charge in [-0.1, -0.05) is 0 Å². The van der Waals surface area contributed by atoms with Crippen LogP contribution in [0.1, 0.15) is 23.2 Å². The molecular weight excluding hydrogens is 292 g/mol. The first-order chi connectivity index (χ1) is 10.1. The van der Waals surface area contributed by atoms with Crippen molar-refractivity contribution >= 4 is 23.4 Å². The van der Waals surface area contributed by atoms with Crippen molar-refractivity contribution in [1.82, 2.24) is 20.2 Å². The second kappa shape index (κ2) is 7.04. The lowest BCUT2D eigenvalue weighted by Crippen LogP contribution is -2.44. The smallest absolute Gasteiger partial charge is 0.254 e. The van der Waals surface area contributed by atoms with E-state index in [4.69, 9.17) is 18.0 Å². The normalized spacial score (nSPS) is 15.3. The first kappa shape index (κ1) is 15.3. The lowest BCUT2D eigenvalue weighted by atomic mass is 9.98. The van der Waals surface area contributed by atoms with Crippen molar-refractivity contribution < 1.29 is 9.59 Å². The minimum atomic E-state index is -0.404. The van der Waals surface area contributed by atoms with Crippen LogP contribution in [-0.2, 0) is 4.79 Å². The van der Waals surface area contributed by atoms with Gasteiger partial charge in [-0.25, -0.2) is 9.97 Å². The lowest BCUT2D eigenvalue weighted by Gasteiger charge is -2.29. The van der Waals surface area contributed by atoms with Crippen LogP contribution >= 0.6 is 11.6 Å². The van der Waals surface area contributed by atoms with Crippen LogP contribution in [0.15, 0.2) is 12.4 Å². The summed E-state index contributed by atoms with van der Waals surface area (Å²) in [5.74, 6) is 2.43. The number of amides is 2. The zero-order valence-electron chi connectivity index (χ0n) is 11.4. The Kier molecular flexibility index (Phi) is 5.12. The minimum absolute atomic E-state index is 0.0534. The number of carbonyl (C=O) groups excluding carboxylic acids is 2. The molecular formula is C14H15ClN4O2. The highest BCUT2D eigenvalue weighted by molar-refractivity contribution is 6.28. The number of piperidine rings is 1. The summed E-state index contributed by atoms with van der Waals surface area (Å²) in [6, 6.07) is 0. The molecule has 1 aliphatic rings. The summed E-state index contributed by atoms with van der Waals surface area (Å²) in [6.45, 7) is 1.21. The van der Waals surface area contributed by atoms with E-state index in [0.29, 0.717) is 13.1 Å². The van der Waals surface area contributed by atoms with Crippen LogP contribution < -0.4 is 5.32 Å². The van der Waals surface area contributed by atoms with Crippen LogP contribution in [0.4, 0.5) is 0 Å². The van der Waals surface area contributed by atoms with E-state index in [-0.39, 0.29) is 29.2 Å². The van der Waals surface area contributed by atoms with Crippen molar-refractivity contribution in [3.63, 3.8) is 0 Å². The molecule has 0 aliphatic carbocycles. The maximum absolute atomic E-state index is 12.0. The summed E-state index contributed by atoms with van der Waals surface area (Å²) in [4.78, 5) is 32.9. The molecule has 0 unspecified atom stereocenters. The molecule has 0 bridgehead atoms. The second-order valence-electron chi connectivity index (χ2n) is 4.75. The van der Waals surface area contributed by atoms with E-state index in [1.807, 2.05) is 0 Å². The molecule has 7 heteroatoms. The van der Waals surface area contributed by atoms with Crippen molar-refractivity contribution in [2.24, 2.45) is 5.92 Å². The highest BCUT2D eigenvalue weighted by Gasteiger charge is 2.21. The van der Waals surface area contributed by atoms with E-state index in [9.17, 15) is 9.59 Å². The number of likely N-dealkylation sites (tertiary alicyclic amines) is 1. The van der Waals surface area contributed by atoms with Crippen LogP contribution in [0.2, 0.25) is 5.28 Å². The van der Waals surface area contributed by atoms with E-state index in [1.54, 1.807) is 4.90 Å². The van der Waals surface area contributed by atoms with Crippen molar-refractivity contribution in [2.45, 2.75) is 12.8 Å². The Morgan fingerprint density at radius 1 is 1.38 bits per heavy atom. The molecule has 1 saturated heterocycles. The predicted octanol–water partition coefficient (Wildman–Crippen LogP) is 0.732. The quantitative estimate of drug-likeness (QED) is 0.660. The number of rotatable bonds is 3. The maximum atomic E-state index is 12.0. The molecule has 1 fully saturated rings. The fourth-order valence-corrected chi connectivity index (χ4v) is 2.19. The van der Waals surface area contributed by atoms with E-state index in [0.717, 1.165) is 12.8 Å². The molecule has 0 atom stereocenters. The van der Waals surface area contributed by atoms with E-state index < -0.39 is 5.91 Å². The molecule has 0 radical (unpaired) electrons. The van der Waals surface area contributed by atoms with E-state index >= 15 is 0 Å². The molecule has 1 aromatic rings. The van der Waals surface area contributed by atoms with Crippen molar-refractivity contribution in [3.8, 4) is 12.3 Å². The Morgan fingerprint density at radius 3 is 2.57 bits per heavy atom. The average Bonchev–Trinajstić information content (AvgIpc) is 2.53. The molecule has 21 heavy (non-hydrogen) atoms. The van der Waals surface area contributed by atoms with Crippen molar-refractivity contribution in [1.29, 1.82) is 0 Å². The first-order valence-electron chi connectivity index (χ1n) is 6.60. The van der Waals surface area contributed by atoms with Gasteiger partial charge in [0, 0.05) is 31.4 Å². The fourth-order valence-electron chi connectivity index (χ4n) is 2.09. The number of aromatic nitrogens is 2. The maximum Gasteiger partial charge on any atom is 0.254 e. The Labute approximate surface area is 127 Å². The molecule has 1 aliphatic heterocycles. The van der Waals surface area contributed by atoms with Crippen LogP contribution in [0.3, 0.4) is 0 Å². The van der Waals surface area contributed by atoms with Gasteiger partial charge < -0.3 is 10.2 Å². The third-order valence-corrected chi connectivity index (χ3v) is 3.56. The summed E-state index contributed by atoms with van der Waals surface area (Å²) in [5.41, 5.74) is 0.262. The summed E-state index contributed by atoms with van der Waals surface area (Å²) < 4.78 is 0. The molecule has 110 valence electrons. The molecule has 0 saturated carbocycles. The van der Waals surface area contributed by atoms with E-state index in [2.05, 4.69) is 21.2 Å². The van der Waals surface area contributed by atoms with Gasteiger partial charge in [-0.3, -0.25) is 9.59 Å². The van der Waals surface area contributed by atoms with Gasteiger partial charge in [-0.2, -0.15) is 0 Å². The van der Waals surface area contributed by atoms with Crippen LogP contribution in [-0.4, -0.2) is 46.3 Å². The summed E-state index contributed by atoms with van der Waals surface area (Å²) in [7, 11) is 0. The Hall–Kier alpha value is -2.13. The first-order valence-corrected chi connectivity index (χ1v) is 6.97. The molecule has 1 N–H and O–H groups in total. The van der Waals surface area contributed by atoms with Crippen molar-refractivity contribution in [2.75, 3.05) is 19.6 Å². The second-order valence-corrected chi connectivity index (χ2v) is 5.08. The number of nitrogens with one attached hydrogen (secondary N) is 1. The van der Waals surface area contributed by atoms with Crippen molar-refractivity contribution in [3.05, 3.63) is 23.2 Å². The van der Waals surface area contributed by atoms with E-state index in [1.165, 1.54) is 12.4 Å².